The maximum atomic E-state index is 11.9. The van der Waals surface area contributed by atoms with Crippen molar-refractivity contribution in [3.8, 4) is 5.75 Å². The summed E-state index contributed by atoms with van der Waals surface area (Å²) in [6, 6.07) is 11.8. The normalized spacial score (nSPS) is 10.6. The first-order chi connectivity index (χ1) is 10.6. The summed E-state index contributed by atoms with van der Waals surface area (Å²) in [7, 11) is 0. The number of nitrogens with zero attached hydrogens (tertiary/aromatic N) is 1. The van der Waals surface area contributed by atoms with Crippen LogP contribution in [0.5, 0.6) is 5.75 Å². The van der Waals surface area contributed by atoms with Crippen LogP contribution in [-0.2, 0) is 6.42 Å². The second-order valence-electron chi connectivity index (χ2n) is 4.55. The molecule has 0 atom stereocenters. The SMILES string of the molecule is C=CCc1cccc(C=NNC(=O)c2ccc(Cl)cc2)c1O. The molecule has 0 aromatic heterocycles. The minimum atomic E-state index is -0.352. The molecule has 2 aromatic carbocycles. The van der Waals surface area contributed by atoms with Gasteiger partial charge in [0.25, 0.3) is 5.91 Å². The second-order valence-corrected chi connectivity index (χ2v) is 4.99. The number of halogens is 1. The molecule has 0 aliphatic rings. The molecule has 2 rings (SSSR count). The summed E-state index contributed by atoms with van der Waals surface area (Å²) in [5, 5.41) is 14.5. The van der Waals surface area contributed by atoms with E-state index < -0.39 is 0 Å². The Labute approximate surface area is 133 Å². The fraction of sp³-hybridized carbons (Fsp3) is 0.0588. The molecule has 4 nitrogen and oxygen atoms in total. The molecule has 0 saturated heterocycles. The van der Waals surface area contributed by atoms with E-state index in [2.05, 4.69) is 17.1 Å². The highest BCUT2D eigenvalue weighted by molar-refractivity contribution is 6.30. The summed E-state index contributed by atoms with van der Waals surface area (Å²) >= 11 is 5.76. The Morgan fingerprint density at radius 2 is 2.00 bits per heavy atom. The molecule has 0 fully saturated rings. The minimum absolute atomic E-state index is 0.131. The van der Waals surface area contributed by atoms with Gasteiger partial charge in [0, 0.05) is 16.1 Å². The van der Waals surface area contributed by atoms with E-state index in [-0.39, 0.29) is 11.7 Å². The van der Waals surface area contributed by atoms with E-state index in [0.29, 0.717) is 22.6 Å². The van der Waals surface area contributed by atoms with Gasteiger partial charge in [0.2, 0.25) is 0 Å². The number of amides is 1. The molecule has 2 N–H and O–H groups in total. The summed E-state index contributed by atoms with van der Waals surface area (Å²) < 4.78 is 0. The number of carbonyl (C=O) groups is 1. The van der Waals surface area contributed by atoms with E-state index in [1.807, 2.05) is 0 Å². The second kappa shape index (κ2) is 7.43. The zero-order valence-electron chi connectivity index (χ0n) is 11.8. The number of hydrazone groups is 1. The van der Waals surface area contributed by atoms with Gasteiger partial charge in [-0.1, -0.05) is 29.8 Å². The smallest absolute Gasteiger partial charge is 0.271 e. The van der Waals surface area contributed by atoms with Crippen molar-refractivity contribution < 1.29 is 9.90 Å². The Morgan fingerprint density at radius 1 is 1.27 bits per heavy atom. The number of benzene rings is 2. The molecule has 22 heavy (non-hydrogen) atoms. The van der Waals surface area contributed by atoms with E-state index in [1.165, 1.54) is 6.21 Å². The van der Waals surface area contributed by atoms with Gasteiger partial charge in [-0.25, -0.2) is 5.43 Å². The molecular formula is C17H15ClN2O2. The van der Waals surface area contributed by atoms with Crippen molar-refractivity contribution in [2.24, 2.45) is 5.10 Å². The van der Waals surface area contributed by atoms with Crippen LogP contribution in [0.4, 0.5) is 0 Å². The monoisotopic (exact) mass is 314 g/mol. The highest BCUT2D eigenvalue weighted by Gasteiger charge is 2.05. The Hall–Kier alpha value is -2.59. The van der Waals surface area contributed by atoms with Crippen molar-refractivity contribution in [3.63, 3.8) is 0 Å². The number of hydrogen-bond donors (Lipinski definition) is 2. The zero-order valence-corrected chi connectivity index (χ0v) is 12.5. The molecule has 0 saturated carbocycles. The molecule has 0 aliphatic heterocycles. The largest absolute Gasteiger partial charge is 0.507 e. The van der Waals surface area contributed by atoms with Gasteiger partial charge in [-0.3, -0.25) is 4.79 Å². The van der Waals surface area contributed by atoms with Crippen LogP contribution >= 0.6 is 11.6 Å². The number of carbonyl (C=O) groups excluding carboxylic acids is 1. The molecule has 2 aromatic rings. The van der Waals surface area contributed by atoms with Gasteiger partial charge in [0.1, 0.15) is 5.75 Å². The highest BCUT2D eigenvalue weighted by Crippen LogP contribution is 2.21. The van der Waals surface area contributed by atoms with E-state index in [0.717, 1.165) is 5.56 Å². The molecule has 0 radical (unpaired) electrons. The number of hydrogen-bond acceptors (Lipinski definition) is 3. The van der Waals surface area contributed by atoms with Crippen LogP contribution in [0.15, 0.2) is 60.2 Å². The van der Waals surface area contributed by atoms with Crippen molar-refractivity contribution in [1.29, 1.82) is 0 Å². The number of nitrogens with one attached hydrogen (secondary N) is 1. The summed E-state index contributed by atoms with van der Waals surface area (Å²) in [5.41, 5.74) is 4.13. The van der Waals surface area contributed by atoms with Gasteiger partial charge >= 0.3 is 0 Å². The van der Waals surface area contributed by atoms with Crippen LogP contribution in [0.25, 0.3) is 0 Å². The van der Waals surface area contributed by atoms with Crippen molar-refractivity contribution in [2.45, 2.75) is 6.42 Å². The van der Waals surface area contributed by atoms with Crippen molar-refractivity contribution in [2.75, 3.05) is 0 Å². The van der Waals surface area contributed by atoms with Crippen LogP contribution in [0.1, 0.15) is 21.5 Å². The van der Waals surface area contributed by atoms with E-state index in [9.17, 15) is 9.90 Å². The molecule has 1 amide bonds. The summed E-state index contributed by atoms with van der Waals surface area (Å²) in [4.78, 5) is 11.9. The first-order valence-corrected chi connectivity index (χ1v) is 7.00. The summed E-state index contributed by atoms with van der Waals surface area (Å²) in [6.45, 7) is 3.64. The number of phenolic OH excluding ortho intramolecular Hbond substituents is 1. The van der Waals surface area contributed by atoms with Crippen LogP contribution in [-0.4, -0.2) is 17.2 Å². The number of allylic oxidation sites excluding steroid dienone is 1. The minimum Gasteiger partial charge on any atom is -0.507 e. The molecule has 0 aliphatic carbocycles. The first kappa shape index (κ1) is 15.8. The summed E-state index contributed by atoms with van der Waals surface area (Å²) in [6.07, 6.45) is 3.67. The fourth-order valence-electron chi connectivity index (χ4n) is 1.86. The van der Waals surface area contributed by atoms with Gasteiger partial charge < -0.3 is 5.11 Å². The maximum Gasteiger partial charge on any atom is 0.271 e. The molecule has 5 heteroatoms. The van der Waals surface area contributed by atoms with Crippen molar-refractivity contribution in [3.05, 3.63) is 76.8 Å². The third kappa shape index (κ3) is 3.96. The lowest BCUT2D eigenvalue weighted by Crippen LogP contribution is -2.17. The third-order valence-corrected chi connectivity index (χ3v) is 3.24. The van der Waals surface area contributed by atoms with Crippen molar-refractivity contribution in [1.82, 2.24) is 5.43 Å². The lowest BCUT2D eigenvalue weighted by Gasteiger charge is -2.04. The number of phenols is 1. The van der Waals surface area contributed by atoms with Crippen LogP contribution in [0, 0.1) is 0 Å². The fourth-order valence-corrected chi connectivity index (χ4v) is 1.99. The predicted octanol–water partition coefficient (Wildman–Crippen LogP) is 3.54. The van der Waals surface area contributed by atoms with Gasteiger partial charge in [0.05, 0.1) is 6.21 Å². The van der Waals surface area contributed by atoms with Gasteiger partial charge in [-0.15, -0.1) is 6.58 Å². The number of para-hydroxylation sites is 1. The van der Waals surface area contributed by atoms with Gasteiger partial charge in [0.15, 0.2) is 0 Å². The lowest BCUT2D eigenvalue weighted by molar-refractivity contribution is 0.0955. The average molecular weight is 315 g/mol. The molecule has 0 heterocycles. The highest BCUT2D eigenvalue weighted by atomic mass is 35.5. The number of aromatic hydroxyl groups is 1. The Balaban J connectivity index is 2.06. The van der Waals surface area contributed by atoms with Crippen LogP contribution in [0.2, 0.25) is 5.02 Å². The first-order valence-electron chi connectivity index (χ1n) is 6.62. The van der Waals surface area contributed by atoms with E-state index in [4.69, 9.17) is 11.6 Å². The molecule has 0 unspecified atom stereocenters. The Bertz CT molecular complexity index is 709. The Kier molecular flexibility index (Phi) is 5.33. The van der Waals surface area contributed by atoms with Crippen molar-refractivity contribution >= 4 is 23.7 Å². The Morgan fingerprint density at radius 3 is 2.68 bits per heavy atom. The van der Waals surface area contributed by atoms with Gasteiger partial charge in [-0.05, 0) is 42.3 Å². The maximum absolute atomic E-state index is 11.9. The third-order valence-electron chi connectivity index (χ3n) is 2.99. The molecular weight excluding hydrogens is 300 g/mol. The standard InChI is InChI=1S/C17H15ClN2O2/c1-2-4-12-5-3-6-14(16(12)21)11-19-20-17(22)13-7-9-15(18)10-8-13/h2-3,5-11,21H,1,4H2,(H,20,22). The molecule has 0 bridgehead atoms. The molecule has 0 spiro atoms. The lowest BCUT2D eigenvalue weighted by atomic mass is 10.1. The summed E-state index contributed by atoms with van der Waals surface area (Å²) in [5.74, 6) is -0.221. The van der Waals surface area contributed by atoms with E-state index >= 15 is 0 Å². The van der Waals surface area contributed by atoms with Crippen LogP contribution < -0.4 is 5.43 Å². The van der Waals surface area contributed by atoms with E-state index in [1.54, 1.807) is 48.5 Å². The zero-order chi connectivity index (χ0) is 15.9. The van der Waals surface area contributed by atoms with Gasteiger partial charge in [-0.2, -0.15) is 5.10 Å². The van der Waals surface area contributed by atoms with Crippen LogP contribution in [0.3, 0.4) is 0 Å². The number of rotatable bonds is 5. The quantitative estimate of drug-likeness (QED) is 0.504. The molecule has 112 valence electrons. The predicted molar refractivity (Wildman–Crippen MR) is 88.5 cm³/mol. The average Bonchev–Trinajstić information content (AvgIpc) is 2.51. The topological polar surface area (TPSA) is 61.7 Å².